The van der Waals surface area contributed by atoms with Gasteiger partial charge in [-0.3, -0.25) is 4.79 Å². The molecule has 1 heterocycles. The lowest BCUT2D eigenvalue weighted by Gasteiger charge is -2.35. The van der Waals surface area contributed by atoms with Gasteiger partial charge in [0, 0.05) is 11.5 Å². The van der Waals surface area contributed by atoms with Crippen LogP contribution in [-0.4, -0.2) is 18.9 Å². The van der Waals surface area contributed by atoms with Crippen molar-refractivity contribution >= 4 is 5.78 Å². The highest BCUT2D eigenvalue weighted by Crippen LogP contribution is 2.33. The first-order valence-electron chi connectivity index (χ1n) is 5.69. The number of Topliss-reactive ketones (excluding diaryl/α,β-unsaturated/α-hetero) is 1. The van der Waals surface area contributed by atoms with Gasteiger partial charge < -0.3 is 5.32 Å². The summed E-state index contributed by atoms with van der Waals surface area (Å²) in [5.41, 5.74) is 2.22. The fourth-order valence-electron chi connectivity index (χ4n) is 2.90. The van der Waals surface area contributed by atoms with E-state index in [1.807, 2.05) is 18.2 Å². The van der Waals surface area contributed by atoms with Crippen LogP contribution in [0.4, 0.5) is 0 Å². The zero-order valence-corrected chi connectivity index (χ0v) is 8.70. The van der Waals surface area contributed by atoms with E-state index in [1.165, 1.54) is 5.56 Å². The number of hydrogen-bond donors (Lipinski definition) is 1. The van der Waals surface area contributed by atoms with Crippen molar-refractivity contribution in [1.29, 1.82) is 0 Å². The van der Waals surface area contributed by atoms with E-state index in [1.54, 1.807) is 0 Å². The molecule has 2 aliphatic rings. The second kappa shape index (κ2) is 3.46. The van der Waals surface area contributed by atoms with Crippen LogP contribution in [0.5, 0.6) is 0 Å². The van der Waals surface area contributed by atoms with E-state index < -0.39 is 0 Å². The molecule has 1 fully saturated rings. The summed E-state index contributed by atoms with van der Waals surface area (Å²) in [5, 5.41) is 3.38. The smallest absolute Gasteiger partial charge is 0.166 e. The Labute approximate surface area is 89.7 Å². The monoisotopic (exact) mass is 201 g/mol. The van der Waals surface area contributed by atoms with Crippen LogP contribution in [0.25, 0.3) is 0 Å². The fraction of sp³-hybridized carbons (Fsp3) is 0.462. The third-order valence-electron chi connectivity index (χ3n) is 3.71. The predicted molar refractivity (Wildman–Crippen MR) is 58.9 cm³/mol. The second-order valence-electron chi connectivity index (χ2n) is 4.58. The number of piperidine rings is 1. The molecule has 1 aromatic carbocycles. The standard InChI is InChI=1S/C13H15NO/c15-13-11-4-2-1-3-9(11)7-10-8-14-6-5-12(10)13/h1-4,10,12,14H,5-8H2/t10-,12-/m1/s1. The molecule has 2 nitrogen and oxygen atoms in total. The van der Waals surface area contributed by atoms with Gasteiger partial charge in [0.15, 0.2) is 5.78 Å². The second-order valence-corrected chi connectivity index (χ2v) is 4.58. The Bertz CT molecular complexity index is 399. The number of rotatable bonds is 0. The topological polar surface area (TPSA) is 29.1 Å². The van der Waals surface area contributed by atoms with Gasteiger partial charge in [-0.05, 0) is 37.4 Å². The van der Waals surface area contributed by atoms with Gasteiger partial charge in [0.25, 0.3) is 0 Å². The Kier molecular flexibility index (Phi) is 2.10. The predicted octanol–water partition coefficient (Wildman–Crippen LogP) is 1.65. The third-order valence-corrected chi connectivity index (χ3v) is 3.71. The molecule has 2 heteroatoms. The molecule has 3 rings (SSSR count). The van der Waals surface area contributed by atoms with Crippen molar-refractivity contribution < 1.29 is 4.79 Å². The van der Waals surface area contributed by atoms with Crippen LogP contribution >= 0.6 is 0 Å². The molecule has 0 amide bonds. The van der Waals surface area contributed by atoms with E-state index in [2.05, 4.69) is 11.4 Å². The van der Waals surface area contributed by atoms with Crippen LogP contribution in [0.15, 0.2) is 24.3 Å². The molecule has 15 heavy (non-hydrogen) atoms. The van der Waals surface area contributed by atoms with Crippen LogP contribution in [0, 0.1) is 11.8 Å². The van der Waals surface area contributed by atoms with Crippen molar-refractivity contribution in [2.75, 3.05) is 13.1 Å². The highest BCUT2D eigenvalue weighted by atomic mass is 16.1. The van der Waals surface area contributed by atoms with Gasteiger partial charge in [-0.25, -0.2) is 0 Å². The molecule has 1 aromatic rings. The van der Waals surface area contributed by atoms with Gasteiger partial charge >= 0.3 is 0 Å². The minimum atomic E-state index is 0.279. The van der Waals surface area contributed by atoms with E-state index in [0.29, 0.717) is 11.7 Å². The average molecular weight is 201 g/mol. The van der Waals surface area contributed by atoms with E-state index in [4.69, 9.17) is 0 Å². The lowest BCUT2D eigenvalue weighted by molar-refractivity contribution is 0.0815. The first-order valence-corrected chi connectivity index (χ1v) is 5.69. The maximum Gasteiger partial charge on any atom is 0.166 e. The first-order chi connectivity index (χ1) is 7.36. The largest absolute Gasteiger partial charge is 0.316 e. The SMILES string of the molecule is O=C1c2ccccc2C[C@@H]2CNCC[C@@H]12. The molecule has 1 aliphatic heterocycles. The zero-order chi connectivity index (χ0) is 10.3. The highest BCUT2D eigenvalue weighted by molar-refractivity contribution is 6.00. The van der Waals surface area contributed by atoms with Crippen molar-refractivity contribution in [2.24, 2.45) is 11.8 Å². The Hall–Kier alpha value is -1.15. The third kappa shape index (κ3) is 1.40. The van der Waals surface area contributed by atoms with Crippen molar-refractivity contribution in [3.05, 3.63) is 35.4 Å². The number of nitrogens with one attached hydrogen (secondary N) is 1. The minimum Gasteiger partial charge on any atom is -0.316 e. The van der Waals surface area contributed by atoms with Crippen molar-refractivity contribution in [3.63, 3.8) is 0 Å². The van der Waals surface area contributed by atoms with E-state index in [-0.39, 0.29) is 5.92 Å². The minimum absolute atomic E-state index is 0.279. The normalized spacial score (nSPS) is 29.5. The molecule has 0 aromatic heterocycles. The van der Waals surface area contributed by atoms with Crippen LogP contribution in [-0.2, 0) is 6.42 Å². The Morgan fingerprint density at radius 3 is 3.07 bits per heavy atom. The van der Waals surface area contributed by atoms with E-state index >= 15 is 0 Å². The van der Waals surface area contributed by atoms with Crippen LogP contribution in [0.2, 0.25) is 0 Å². The summed E-state index contributed by atoms with van der Waals surface area (Å²) in [4.78, 5) is 12.2. The molecule has 78 valence electrons. The molecule has 1 aliphatic carbocycles. The summed E-state index contributed by atoms with van der Waals surface area (Å²) in [6.45, 7) is 2.00. The van der Waals surface area contributed by atoms with Crippen LogP contribution in [0.1, 0.15) is 22.3 Å². The van der Waals surface area contributed by atoms with Crippen molar-refractivity contribution in [2.45, 2.75) is 12.8 Å². The number of benzene rings is 1. The van der Waals surface area contributed by atoms with Crippen molar-refractivity contribution in [1.82, 2.24) is 5.32 Å². The van der Waals surface area contributed by atoms with Gasteiger partial charge in [-0.2, -0.15) is 0 Å². The van der Waals surface area contributed by atoms with E-state index in [0.717, 1.165) is 31.5 Å². The van der Waals surface area contributed by atoms with Crippen molar-refractivity contribution in [3.8, 4) is 0 Å². The van der Waals surface area contributed by atoms with Gasteiger partial charge in [-0.15, -0.1) is 0 Å². The molecule has 2 atom stereocenters. The van der Waals surface area contributed by atoms with Crippen LogP contribution < -0.4 is 5.32 Å². The van der Waals surface area contributed by atoms with Gasteiger partial charge in [0.05, 0.1) is 0 Å². The summed E-state index contributed by atoms with van der Waals surface area (Å²) >= 11 is 0. The molecule has 0 radical (unpaired) electrons. The quantitative estimate of drug-likeness (QED) is 0.691. The maximum absolute atomic E-state index is 12.2. The molecular weight excluding hydrogens is 186 g/mol. The Morgan fingerprint density at radius 1 is 1.27 bits per heavy atom. The zero-order valence-electron chi connectivity index (χ0n) is 8.70. The average Bonchev–Trinajstić information content (AvgIpc) is 2.30. The molecular formula is C13H15NO. The Morgan fingerprint density at radius 2 is 2.13 bits per heavy atom. The number of carbonyl (C=O) groups is 1. The number of carbonyl (C=O) groups excluding carboxylic acids is 1. The fourth-order valence-corrected chi connectivity index (χ4v) is 2.90. The van der Waals surface area contributed by atoms with Gasteiger partial charge in [-0.1, -0.05) is 24.3 Å². The van der Waals surface area contributed by atoms with Crippen LogP contribution in [0.3, 0.4) is 0 Å². The number of fused-ring (bicyclic) bond motifs is 2. The molecule has 0 bridgehead atoms. The summed E-state index contributed by atoms with van der Waals surface area (Å²) in [6.07, 6.45) is 2.08. The first kappa shape index (κ1) is 9.10. The summed E-state index contributed by atoms with van der Waals surface area (Å²) in [6, 6.07) is 8.08. The number of ketones is 1. The highest BCUT2D eigenvalue weighted by Gasteiger charge is 2.36. The summed E-state index contributed by atoms with van der Waals surface area (Å²) in [5.74, 6) is 1.19. The summed E-state index contributed by atoms with van der Waals surface area (Å²) < 4.78 is 0. The number of hydrogen-bond acceptors (Lipinski definition) is 2. The summed E-state index contributed by atoms with van der Waals surface area (Å²) in [7, 11) is 0. The molecule has 1 N–H and O–H groups in total. The Balaban J connectivity index is 2.02. The maximum atomic E-state index is 12.2. The van der Waals surface area contributed by atoms with E-state index in [9.17, 15) is 4.79 Å². The lowest BCUT2D eigenvalue weighted by atomic mass is 9.72. The molecule has 1 saturated heterocycles. The van der Waals surface area contributed by atoms with Gasteiger partial charge in [0.1, 0.15) is 0 Å². The molecule has 0 unspecified atom stereocenters. The molecule has 0 spiro atoms. The van der Waals surface area contributed by atoms with Gasteiger partial charge in [0.2, 0.25) is 0 Å². The molecule has 0 saturated carbocycles. The lowest BCUT2D eigenvalue weighted by Crippen LogP contribution is -2.43.